The molecule has 3 heteroatoms. The van der Waals surface area contributed by atoms with Gasteiger partial charge in [-0.2, -0.15) is 5.26 Å². The van der Waals surface area contributed by atoms with Crippen molar-refractivity contribution in [2.24, 2.45) is 5.73 Å². The standard InChI is InChI=1S/C11H15N3/c1-2-14(8-7-12)11-5-3-10(9-13)4-6-11/h3-6H,2,7-8,12H2,1H3. The Morgan fingerprint density at radius 3 is 2.43 bits per heavy atom. The van der Waals surface area contributed by atoms with Crippen LogP contribution in [0.3, 0.4) is 0 Å². The molecule has 0 saturated carbocycles. The summed E-state index contributed by atoms with van der Waals surface area (Å²) in [6, 6.07) is 9.67. The number of benzene rings is 1. The maximum absolute atomic E-state index is 8.64. The molecule has 2 N–H and O–H groups in total. The molecule has 1 rings (SSSR count). The summed E-state index contributed by atoms with van der Waals surface area (Å²) in [5, 5.41) is 8.64. The predicted octanol–water partition coefficient (Wildman–Crippen LogP) is 1.34. The van der Waals surface area contributed by atoms with Crippen molar-refractivity contribution >= 4 is 5.69 Å². The molecule has 14 heavy (non-hydrogen) atoms. The summed E-state index contributed by atoms with van der Waals surface area (Å²) in [7, 11) is 0. The lowest BCUT2D eigenvalue weighted by Gasteiger charge is -2.22. The van der Waals surface area contributed by atoms with Crippen LogP contribution in [-0.4, -0.2) is 19.6 Å². The van der Waals surface area contributed by atoms with Crippen molar-refractivity contribution in [2.45, 2.75) is 6.92 Å². The van der Waals surface area contributed by atoms with E-state index in [9.17, 15) is 0 Å². The van der Waals surface area contributed by atoms with Crippen molar-refractivity contribution in [2.75, 3.05) is 24.5 Å². The van der Waals surface area contributed by atoms with E-state index in [0.717, 1.165) is 18.8 Å². The first kappa shape index (κ1) is 10.6. The lowest BCUT2D eigenvalue weighted by atomic mass is 10.2. The summed E-state index contributed by atoms with van der Waals surface area (Å²) in [4.78, 5) is 2.18. The Hall–Kier alpha value is -1.53. The number of nitrogens with zero attached hydrogens (tertiary/aromatic N) is 2. The van der Waals surface area contributed by atoms with Gasteiger partial charge in [-0.1, -0.05) is 0 Å². The monoisotopic (exact) mass is 189 g/mol. The zero-order valence-electron chi connectivity index (χ0n) is 8.40. The summed E-state index contributed by atoms with van der Waals surface area (Å²) in [5.41, 5.74) is 7.32. The van der Waals surface area contributed by atoms with E-state index in [1.807, 2.05) is 24.3 Å². The average Bonchev–Trinajstić information content (AvgIpc) is 2.26. The Labute approximate surface area is 84.7 Å². The van der Waals surface area contributed by atoms with Gasteiger partial charge in [0.15, 0.2) is 0 Å². The number of likely N-dealkylation sites (N-methyl/N-ethyl adjacent to an activating group) is 1. The van der Waals surface area contributed by atoms with E-state index in [0.29, 0.717) is 12.1 Å². The van der Waals surface area contributed by atoms with Crippen molar-refractivity contribution in [3.63, 3.8) is 0 Å². The van der Waals surface area contributed by atoms with E-state index < -0.39 is 0 Å². The molecular weight excluding hydrogens is 174 g/mol. The van der Waals surface area contributed by atoms with Gasteiger partial charge in [0.05, 0.1) is 11.6 Å². The number of hydrogen-bond acceptors (Lipinski definition) is 3. The predicted molar refractivity (Wildman–Crippen MR) is 58.1 cm³/mol. The normalized spacial score (nSPS) is 9.50. The second-order valence-electron chi connectivity index (χ2n) is 3.03. The van der Waals surface area contributed by atoms with Crippen LogP contribution in [-0.2, 0) is 0 Å². The van der Waals surface area contributed by atoms with Gasteiger partial charge in [0, 0.05) is 25.3 Å². The molecule has 1 aromatic carbocycles. The molecule has 0 bridgehead atoms. The maximum atomic E-state index is 8.64. The number of anilines is 1. The van der Waals surface area contributed by atoms with E-state index in [1.165, 1.54) is 0 Å². The van der Waals surface area contributed by atoms with E-state index in [4.69, 9.17) is 11.0 Å². The van der Waals surface area contributed by atoms with Crippen molar-refractivity contribution in [1.82, 2.24) is 0 Å². The second-order valence-corrected chi connectivity index (χ2v) is 3.03. The summed E-state index contributed by atoms with van der Waals surface area (Å²) in [6.45, 7) is 4.52. The Balaban J connectivity index is 2.79. The highest BCUT2D eigenvalue weighted by Crippen LogP contribution is 2.13. The third kappa shape index (κ3) is 2.48. The number of rotatable bonds is 4. The molecule has 74 valence electrons. The van der Waals surface area contributed by atoms with E-state index in [-0.39, 0.29) is 0 Å². The summed E-state index contributed by atoms with van der Waals surface area (Å²) >= 11 is 0. The molecule has 0 heterocycles. The van der Waals surface area contributed by atoms with Crippen LogP contribution in [0.5, 0.6) is 0 Å². The van der Waals surface area contributed by atoms with Gasteiger partial charge in [-0.05, 0) is 31.2 Å². The molecule has 0 fully saturated rings. The minimum absolute atomic E-state index is 0.647. The Kier molecular flexibility index (Phi) is 3.96. The van der Waals surface area contributed by atoms with E-state index in [2.05, 4.69) is 17.9 Å². The maximum Gasteiger partial charge on any atom is 0.0991 e. The van der Waals surface area contributed by atoms with Gasteiger partial charge in [0.25, 0.3) is 0 Å². The zero-order chi connectivity index (χ0) is 10.4. The molecule has 3 nitrogen and oxygen atoms in total. The minimum atomic E-state index is 0.647. The SMILES string of the molecule is CCN(CCN)c1ccc(C#N)cc1. The van der Waals surface area contributed by atoms with Crippen LogP contribution in [0, 0.1) is 11.3 Å². The Bertz CT molecular complexity index is 310. The fourth-order valence-electron chi connectivity index (χ4n) is 1.37. The Morgan fingerprint density at radius 1 is 1.36 bits per heavy atom. The molecule has 0 spiro atoms. The van der Waals surface area contributed by atoms with Gasteiger partial charge < -0.3 is 10.6 Å². The fraction of sp³-hybridized carbons (Fsp3) is 0.364. The van der Waals surface area contributed by atoms with Crippen LogP contribution in [0.15, 0.2) is 24.3 Å². The van der Waals surface area contributed by atoms with Crippen LogP contribution in [0.2, 0.25) is 0 Å². The smallest absolute Gasteiger partial charge is 0.0991 e. The summed E-state index contributed by atoms with van der Waals surface area (Å²) < 4.78 is 0. The van der Waals surface area contributed by atoms with E-state index >= 15 is 0 Å². The molecule has 0 aliphatic rings. The molecular formula is C11H15N3. The molecule has 0 radical (unpaired) electrons. The summed E-state index contributed by atoms with van der Waals surface area (Å²) in [5.74, 6) is 0. The first-order valence-electron chi connectivity index (χ1n) is 4.77. The van der Waals surface area contributed by atoms with Crippen molar-refractivity contribution < 1.29 is 0 Å². The zero-order valence-corrected chi connectivity index (χ0v) is 8.40. The first-order chi connectivity index (χ1) is 6.81. The third-order valence-corrected chi connectivity index (χ3v) is 2.14. The number of nitriles is 1. The number of nitrogens with two attached hydrogens (primary N) is 1. The van der Waals surface area contributed by atoms with Gasteiger partial charge >= 0.3 is 0 Å². The lowest BCUT2D eigenvalue weighted by Crippen LogP contribution is -2.28. The van der Waals surface area contributed by atoms with Crippen LogP contribution < -0.4 is 10.6 Å². The molecule has 0 amide bonds. The number of hydrogen-bond donors (Lipinski definition) is 1. The van der Waals surface area contributed by atoms with Gasteiger partial charge in [-0.25, -0.2) is 0 Å². The molecule has 0 aliphatic heterocycles. The van der Waals surface area contributed by atoms with Gasteiger partial charge in [0.2, 0.25) is 0 Å². The molecule has 0 aromatic heterocycles. The highest BCUT2D eigenvalue weighted by molar-refractivity contribution is 5.49. The topological polar surface area (TPSA) is 53.0 Å². The minimum Gasteiger partial charge on any atom is -0.371 e. The molecule has 0 atom stereocenters. The molecule has 0 unspecified atom stereocenters. The quantitative estimate of drug-likeness (QED) is 0.777. The van der Waals surface area contributed by atoms with E-state index in [1.54, 1.807) is 0 Å². The van der Waals surface area contributed by atoms with Gasteiger partial charge in [0.1, 0.15) is 0 Å². The van der Waals surface area contributed by atoms with Gasteiger partial charge in [-0.3, -0.25) is 0 Å². The van der Waals surface area contributed by atoms with Crippen LogP contribution in [0.25, 0.3) is 0 Å². The highest BCUT2D eigenvalue weighted by atomic mass is 15.1. The van der Waals surface area contributed by atoms with Crippen molar-refractivity contribution in [3.05, 3.63) is 29.8 Å². The van der Waals surface area contributed by atoms with Gasteiger partial charge in [-0.15, -0.1) is 0 Å². The van der Waals surface area contributed by atoms with Crippen molar-refractivity contribution in [1.29, 1.82) is 5.26 Å². The Morgan fingerprint density at radius 2 is 2.00 bits per heavy atom. The largest absolute Gasteiger partial charge is 0.371 e. The highest BCUT2D eigenvalue weighted by Gasteiger charge is 2.01. The molecule has 1 aromatic rings. The van der Waals surface area contributed by atoms with Crippen LogP contribution in [0.1, 0.15) is 12.5 Å². The third-order valence-electron chi connectivity index (χ3n) is 2.14. The fourth-order valence-corrected chi connectivity index (χ4v) is 1.37. The summed E-state index contributed by atoms with van der Waals surface area (Å²) in [6.07, 6.45) is 0. The lowest BCUT2D eigenvalue weighted by molar-refractivity contribution is 0.817. The molecule has 0 saturated heterocycles. The van der Waals surface area contributed by atoms with Crippen LogP contribution in [0.4, 0.5) is 5.69 Å². The average molecular weight is 189 g/mol. The molecule has 0 aliphatic carbocycles. The van der Waals surface area contributed by atoms with Crippen molar-refractivity contribution in [3.8, 4) is 6.07 Å². The van der Waals surface area contributed by atoms with Crippen LogP contribution >= 0.6 is 0 Å². The second kappa shape index (κ2) is 5.25. The first-order valence-corrected chi connectivity index (χ1v) is 4.77.